The smallest absolute Gasteiger partial charge is 0.337 e. The van der Waals surface area contributed by atoms with Crippen LogP contribution in [0.5, 0.6) is 0 Å². The Kier molecular flexibility index (Phi) is 8.19. The number of nitrogens with one attached hydrogen (secondary N) is 1. The molecular weight excluding hydrogens is 558 g/mol. The number of hydrogen-bond acceptors (Lipinski definition) is 4. The summed E-state index contributed by atoms with van der Waals surface area (Å²) in [5.41, 5.74) is 3.13. The highest BCUT2D eigenvalue weighted by molar-refractivity contribution is 5.89. The average molecular weight is 618 g/mol. The van der Waals surface area contributed by atoms with Gasteiger partial charge in [0.1, 0.15) is 0 Å². The first kappa shape index (κ1) is 32.8. The molecule has 0 heterocycles. The van der Waals surface area contributed by atoms with Gasteiger partial charge in [-0.15, -0.1) is 0 Å². The zero-order valence-corrected chi connectivity index (χ0v) is 29.1. The largest absolute Gasteiger partial charge is 0.465 e. The molecule has 248 valence electrons. The lowest BCUT2D eigenvalue weighted by Crippen LogP contribution is -2.67. The molecule has 5 aliphatic rings. The number of aliphatic hydroxyl groups is 1. The van der Waals surface area contributed by atoms with Crippen molar-refractivity contribution >= 4 is 11.9 Å². The third kappa shape index (κ3) is 4.71. The van der Waals surface area contributed by atoms with Gasteiger partial charge in [0.2, 0.25) is 5.91 Å². The lowest BCUT2D eigenvalue weighted by molar-refractivity contribution is -0.246. The summed E-state index contributed by atoms with van der Waals surface area (Å²) in [7, 11) is 1.40. The fourth-order valence-corrected chi connectivity index (χ4v) is 13.0. The van der Waals surface area contributed by atoms with Gasteiger partial charge in [-0.1, -0.05) is 58.9 Å². The molecule has 5 saturated carbocycles. The molecule has 0 bridgehead atoms. The Bertz CT molecular complexity index is 1350. The quantitative estimate of drug-likeness (QED) is 0.250. The highest BCUT2D eigenvalue weighted by atomic mass is 16.5. The molecule has 1 amide bonds. The highest BCUT2D eigenvalue weighted by Crippen LogP contribution is 2.77. The predicted molar refractivity (Wildman–Crippen MR) is 179 cm³/mol. The fraction of sp³-hybridized carbons (Fsp3) is 0.750. The Morgan fingerprint density at radius 1 is 0.933 bits per heavy atom. The number of esters is 1. The lowest BCUT2D eigenvalue weighted by Gasteiger charge is -2.72. The summed E-state index contributed by atoms with van der Waals surface area (Å²) < 4.78 is 4.90. The number of aliphatic hydroxyl groups excluding tert-OH is 1. The first-order valence-electron chi connectivity index (χ1n) is 17.9. The molecule has 0 aromatic heterocycles. The molecule has 1 aromatic rings. The number of carbonyl (C=O) groups is 2. The van der Waals surface area contributed by atoms with Crippen molar-refractivity contribution in [3.05, 3.63) is 47.5 Å². The minimum atomic E-state index is -0.333. The minimum Gasteiger partial charge on any atom is -0.465 e. The summed E-state index contributed by atoms with van der Waals surface area (Å²) in [6.07, 6.45) is 11.5. The van der Waals surface area contributed by atoms with Gasteiger partial charge in [-0.05, 0) is 146 Å². The van der Waals surface area contributed by atoms with Crippen molar-refractivity contribution in [1.29, 1.82) is 0 Å². The number of benzene rings is 1. The second-order valence-electron chi connectivity index (χ2n) is 17.4. The van der Waals surface area contributed by atoms with E-state index in [1.165, 1.54) is 38.4 Å². The van der Waals surface area contributed by atoms with Gasteiger partial charge in [0, 0.05) is 6.54 Å². The molecule has 6 rings (SSSR count). The zero-order chi connectivity index (χ0) is 32.6. The second-order valence-corrected chi connectivity index (χ2v) is 17.4. The number of rotatable bonds is 6. The third-order valence-corrected chi connectivity index (χ3v) is 15.5. The van der Waals surface area contributed by atoms with Gasteiger partial charge in [-0.2, -0.15) is 0 Å². The van der Waals surface area contributed by atoms with Gasteiger partial charge < -0.3 is 15.2 Å². The first-order valence-corrected chi connectivity index (χ1v) is 17.9. The molecule has 0 saturated heterocycles. The molecule has 1 aromatic carbocycles. The van der Waals surface area contributed by atoms with E-state index in [0.717, 1.165) is 44.1 Å². The van der Waals surface area contributed by atoms with Gasteiger partial charge in [0.15, 0.2) is 0 Å². The molecule has 5 heteroatoms. The predicted octanol–water partition coefficient (Wildman–Crippen LogP) is 8.15. The Morgan fingerprint density at radius 3 is 2.40 bits per heavy atom. The number of carbonyl (C=O) groups excluding carboxylic acids is 2. The molecular formula is C40H59NO4. The van der Waals surface area contributed by atoms with Crippen LogP contribution >= 0.6 is 0 Å². The van der Waals surface area contributed by atoms with Crippen LogP contribution in [0.2, 0.25) is 0 Å². The topological polar surface area (TPSA) is 75.6 Å². The molecule has 0 spiro atoms. The van der Waals surface area contributed by atoms with E-state index >= 15 is 0 Å². The number of hydrogen-bond donors (Lipinski definition) is 2. The summed E-state index contributed by atoms with van der Waals surface area (Å²) in [6.45, 7) is 19.8. The van der Waals surface area contributed by atoms with E-state index in [1.807, 2.05) is 18.2 Å². The molecule has 10 atom stereocenters. The van der Waals surface area contributed by atoms with Gasteiger partial charge in [0.25, 0.3) is 0 Å². The van der Waals surface area contributed by atoms with Crippen molar-refractivity contribution in [2.24, 2.45) is 56.7 Å². The number of amides is 1. The number of fused-ring (bicyclic) bond motifs is 7. The maximum absolute atomic E-state index is 14.4. The van der Waals surface area contributed by atoms with Crippen LogP contribution in [0.3, 0.4) is 0 Å². The molecule has 0 unspecified atom stereocenters. The van der Waals surface area contributed by atoms with E-state index in [1.54, 1.807) is 6.07 Å². The van der Waals surface area contributed by atoms with Crippen molar-refractivity contribution < 1.29 is 19.4 Å². The van der Waals surface area contributed by atoms with Gasteiger partial charge in [-0.3, -0.25) is 4.79 Å². The number of methoxy groups -OCH3 is 1. The zero-order valence-electron chi connectivity index (χ0n) is 29.1. The van der Waals surface area contributed by atoms with Crippen LogP contribution < -0.4 is 5.32 Å². The summed E-state index contributed by atoms with van der Waals surface area (Å²) in [6, 6.07) is 7.55. The maximum atomic E-state index is 14.4. The van der Waals surface area contributed by atoms with E-state index in [4.69, 9.17) is 4.74 Å². The van der Waals surface area contributed by atoms with Gasteiger partial charge in [0.05, 0.1) is 24.2 Å². The van der Waals surface area contributed by atoms with Crippen molar-refractivity contribution in [1.82, 2.24) is 5.32 Å². The molecule has 5 fully saturated rings. The van der Waals surface area contributed by atoms with Gasteiger partial charge in [-0.25, -0.2) is 4.79 Å². The SMILES string of the molecule is C=C(C)[C@@H]1CC[C@]2(C(=O)NCCc3cccc(C(=O)OC)c3)CC[C@]3(C)[C@H](CC[C@@H]4[C@@]5(C)CC[C@H](O)C(C)(C)[C@@H]5CC[C@]43C)[C@@H]12. The number of ether oxygens (including phenoxy) is 1. The Labute approximate surface area is 272 Å². The van der Waals surface area contributed by atoms with Crippen molar-refractivity contribution in [3.63, 3.8) is 0 Å². The molecule has 0 radical (unpaired) electrons. The lowest BCUT2D eigenvalue weighted by atomic mass is 9.32. The highest BCUT2D eigenvalue weighted by Gasteiger charge is 2.71. The normalized spacial score (nSPS) is 43.2. The fourth-order valence-electron chi connectivity index (χ4n) is 13.0. The van der Waals surface area contributed by atoms with Crippen molar-refractivity contribution in [3.8, 4) is 0 Å². The van der Waals surface area contributed by atoms with Crippen molar-refractivity contribution in [2.75, 3.05) is 13.7 Å². The average Bonchev–Trinajstić information content (AvgIpc) is 3.41. The summed E-state index contributed by atoms with van der Waals surface area (Å²) >= 11 is 0. The van der Waals surface area contributed by atoms with Crippen LogP contribution in [-0.4, -0.2) is 36.7 Å². The van der Waals surface area contributed by atoms with E-state index in [2.05, 4.69) is 53.4 Å². The van der Waals surface area contributed by atoms with Crippen LogP contribution in [0.15, 0.2) is 36.4 Å². The third-order valence-electron chi connectivity index (χ3n) is 15.5. The van der Waals surface area contributed by atoms with Crippen LogP contribution in [0.1, 0.15) is 122 Å². The van der Waals surface area contributed by atoms with Crippen LogP contribution in [0, 0.1) is 56.7 Å². The summed E-state index contributed by atoms with van der Waals surface area (Å²) in [4.78, 5) is 26.5. The van der Waals surface area contributed by atoms with E-state index in [-0.39, 0.29) is 45.1 Å². The molecule has 5 aliphatic carbocycles. The van der Waals surface area contributed by atoms with Crippen molar-refractivity contribution in [2.45, 2.75) is 118 Å². The second kappa shape index (κ2) is 11.2. The molecule has 45 heavy (non-hydrogen) atoms. The Balaban J connectivity index is 1.26. The van der Waals surface area contributed by atoms with Crippen LogP contribution in [0.4, 0.5) is 0 Å². The first-order chi connectivity index (χ1) is 21.2. The summed E-state index contributed by atoms with van der Waals surface area (Å²) in [5.74, 6) is 2.37. The van der Waals surface area contributed by atoms with E-state index in [9.17, 15) is 14.7 Å². The molecule has 0 aliphatic heterocycles. The standard InChI is InChI=1S/C40H59NO4/c1-25(2)28-14-20-40(35(44)41-23-17-26-10-9-11-27(24-26)34(43)45-8)22-21-38(6)29(33(28)40)12-13-31-37(5)18-16-32(42)36(3,4)30(37)15-19-39(31,38)7/h9-11,24,28-33,42H,1,12-23H2,2-8H3,(H,41,44)/t28-,29+,30-,31+,32-,33+,37-,38+,39+,40-/m0/s1. The Hall–Kier alpha value is -2.14. The van der Waals surface area contributed by atoms with E-state index < -0.39 is 0 Å². The number of allylic oxidation sites excluding steroid dienone is 1. The molecule has 5 nitrogen and oxygen atoms in total. The van der Waals surface area contributed by atoms with Crippen LogP contribution in [-0.2, 0) is 16.0 Å². The monoisotopic (exact) mass is 617 g/mol. The minimum absolute atomic E-state index is 0.0387. The summed E-state index contributed by atoms with van der Waals surface area (Å²) in [5, 5.41) is 14.5. The van der Waals surface area contributed by atoms with Gasteiger partial charge >= 0.3 is 5.97 Å². The van der Waals surface area contributed by atoms with Crippen LogP contribution in [0.25, 0.3) is 0 Å². The van der Waals surface area contributed by atoms with E-state index in [0.29, 0.717) is 48.1 Å². The maximum Gasteiger partial charge on any atom is 0.337 e. The Morgan fingerprint density at radius 2 is 1.69 bits per heavy atom. The molecule has 2 N–H and O–H groups in total.